The van der Waals surface area contributed by atoms with Crippen LogP contribution in [0, 0.1) is 0 Å². The Hall–Kier alpha value is -0.520. The molecule has 0 spiro atoms. The van der Waals surface area contributed by atoms with Crippen LogP contribution in [0.5, 0.6) is 0 Å². The van der Waals surface area contributed by atoms with E-state index in [0.29, 0.717) is 6.54 Å². The second-order valence-electron chi connectivity index (χ2n) is 4.01. The van der Waals surface area contributed by atoms with Gasteiger partial charge in [0.1, 0.15) is 0 Å². The lowest BCUT2D eigenvalue weighted by Gasteiger charge is -2.36. The summed E-state index contributed by atoms with van der Waals surface area (Å²) in [5.74, 6) is 0. The normalized spacial score (nSPS) is 33.1. The molecule has 0 atom stereocenters. The van der Waals surface area contributed by atoms with Crippen molar-refractivity contribution >= 4 is 11.5 Å². The predicted octanol–water partition coefficient (Wildman–Crippen LogP) is 0.669. The third-order valence-corrected chi connectivity index (χ3v) is 3.71. The highest BCUT2D eigenvalue weighted by atomic mass is 32.1. The Morgan fingerprint density at radius 1 is 1.57 bits per heavy atom. The van der Waals surface area contributed by atoms with Crippen LogP contribution in [0.1, 0.15) is 31.4 Å². The van der Waals surface area contributed by atoms with Gasteiger partial charge in [0.2, 0.25) is 0 Å². The molecule has 0 radical (unpaired) electrons. The van der Waals surface area contributed by atoms with Crippen molar-refractivity contribution in [3.63, 3.8) is 0 Å². The highest BCUT2D eigenvalue weighted by Crippen LogP contribution is 2.37. The molecule has 1 saturated carbocycles. The molecule has 0 amide bonds. The zero-order valence-corrected chi connectivity index (χ0v) is 8.83. The fourth-order valence-electron chi connectivity index (χ4n) is 2.12. The van der Waals surface area contributed by atoms with Crippen molar-refractivity contribution in [2.24, 2.45) is 5.73 Å². The first-order valence-electron chi connectivity index (χ1n) is 4.92. The van der Waals surface area contributed by atoms with Gasteiger partial charge in [-0.3, -0.25) is 0 Å². The number of hydrogen-bond donors (Lipinski definition) is 2. The molecule has 1 fully saturated rings. The van der Waals surface area contributed by atoms with Gasteiger partial charge in [0.05, 0.1) is 11.8 Å². The third kappa shape index (κ3) is 1.67. The SMILES string of the molecule is NCC1(c2csnn2)CCC(O)CC1. The molecule has 3 N–H and O–H groups in total. The van der Waals surface area contributed by atoms with E-state index in [9.17, 15) is 5.11 Å². The van der Waals surface area contributed by atoms with Crippen LogP contribution in [0.15, 0.2) is 5.38 Å². The Bertz CT molecular complexity index is 280. The predicted molar refractivity (Wildman–Crippen MR) is 55.1 cm³/mol. The molecule has 1 aromatic heterocycles. The van der Waals surface area contributed by atoms with Gasteiger partial charge < -0.3 is 10.8 Å². The fraction of sp³-hybridized carbons (Fsp3) is 0.778. The Labute approximate surface area is 87.3 Å². The molecular formula is C9H15N3OS. The van der Waals surface area contributed by atoms with Crippen molar-refractivity contribution in [2.75, 3.05) is 6.54 Å². The van der Waals surface area contributed by atoms with Crippen LogP contribution < -0.4 is 5.73 Å². The van der Waals surface area contributed by atoms with Crippen molar-refractivity contribution in [3.8, 4) is 0 Å². The molecule has 2 rings (SSSR count). The first-order valence-corrected chi connectivity index (χ1v) is 5.76. The number of aliphatic hydroxyl groups is 1. The van der Waals surface area contributed by atoms with Gasteiger partial charge in [-0.2, -0.15) is 0 Å². The van der Waals surface area contributed by atoms with Gasteiger partial charge in [0.15, 0.2) is 0 Å². The van der Waals surface area contributed by atoms with Gasteiger partial charge >= 0.3 is 0 Å². The Morgan fingerprint density at radius 2 is 2.29 bits per heavy atom. The van der Waals surface area contributed by atoms with Crippen molar-refractivity contribution in [1.82, 2.24) is 9.59 Å². The van der Waals surface area contributed by atoms with Gasteiger partial charge in [0, 0.05) is 17.3 Å². The number of aromatic nitrogens is 2. The summed E-state index contributed by atoms with van der Waals surface area (Å²) in [5.41, 5.74) is 6.82. The monoisotopic (exact) mass is 213 g/mol. The van der Waals surface area contributed by atoms with Gasteiger partial charge in [-0.05, 0) is 37.2 Å². The molecule has 0 aliphatic heterocycles. The van der Waals surface area contributed by atoms with E-state index in [4.69, 9.17) is 5.73 Å². The lowest BCUT2D eigenvalue weighted by atomic mass is 9.71. The molecule has 0 unspecified atom stereocenters. The molecule has 1 aliphatic carbocycles. The smallest absolute Gasteiger partial charge is 0.0829 e. The molecule has 5 heteroatoms. The summed E-state index contributed by atoms with van der Waals surface area (Å²) in [6.45, 7) is 0.602. The summed E-state index contributed by atoms with van der Waals surface area (Å²) in [4.78, 5) is 0. The summed E-state index contributed by atoms with van der Waals surface area (Å²) >= 11 is 1.37. The second kappa shape index (κ2) is 3.92. The maximum absolute atomic E-state index is 9.46. The first-order chi connectivity index (χ1) is 6.77. The Balaban J connectivity index is 2.19. The fourth-order valence-corrected chi connectivity index (χ4v) is 2.69. The molecule has 1 aromatic rings. The molecule has 4 nitrogen and oxygen atoms in total. The van der Waals surface area contributed by atoms with E-state index in [2.05, 4.69) is 9.59 Å². The van der Waals surface area contributed by atoms with Crippen LogP contribution in [-0.4, -0.2) is 27.3 Å². The number of rotatable bonds is 2. The highest BCUT2D eigenvalue weighted by molar-refractivity contribution is 7.03. The molecule has 0 bridgehead atoms. The standard InChI is InChI=1S/C9H15N3OS/c10-6-9(8-5-14-12-11-8)3-1-7(13)2-4-9/h5,7,13H,1-4,6,10H2. The number of nitrogens with two attached hydrogens (primary N) is 1. The zero-order valence-electron chi connectivity index (χ0n) is 8.02. The minimum atomic E-state index is -0.152. The topological polar surface area (TPSA) is 72.0 Å². The maximum atomic E-state index is 9.46. The van der Waals surface area contributed by atoms with E-state index in [1.807, 2.05) is 5.38 Å². The van der Waals surface area contributed by atoms with Crippen molar-refractivity contribution < 1.29 is 5.11 Å². The molecule has 78 valence electrons. The van der Waals surface area contributed by atoms with Gasteiger partial charge in [-0.25, -0.2) is 0 Å². The minimum absolute atomic E-state index is 0.0216. The Morgan fingerprint density at radius 3 is 2.79 bits per heavy atom. The average molecular weight is 213 g/mol. The molecule has 0 aromatic carbocycles. The van der Waals surface area contributed by atoms with Gasteiger partial charge in [0.25, 0.3) is 0 Å². The highest BCUT2D eigenvalue weighted by Gasteiger charge is 2.37. The Kier molecular flexibility index (Phi) is 2.80. The van der Waals surface area contributed by atoms with E-state index in [0.717, 1.165) is 31.4 Å². The summed E-state index contributed by atoms with van der Waals surface area (Å²) < 4.78 is 3.88. The number of hydrogen-bond acceptors (Lipinski definition) is 5. The van der Waals surface area contributed by atoms with Crippen LogP contribution in [0.4, 0.5) is 0 Å². The molecule has 14 heavy (non-hydrogen) atoms. The van der Waals surface area contributed by atoms with Gasteiger partial charge in [-0.1, -0.05) is 4.49 Å². The lowest BCUT2D eigenvalue weighted by Crippen LogP contribution is -2.40. The summed E-state index contributed by atoms with van der Waals surface area (Å²) in [6, 6.07) is 0. The minimum Gasteiger partial charge on any atom is -0.393 e. The molecule has 0 saturated heterocycles. The van der Waals surface area contributed by atoms with E-state index < -0.39 is 0 Å². The lowest BCUT2D eigenvalue weighted by molar-refractivity contribution is 0.0962. The summed E-state index contributed by atoms with van der Waals surface area (Å²) in [6.07, 6.45) is 3.36. The number of aliphatic hydroxyl groups excluding tert-OH is 1. The van der Waals surface area contributed by atoms with Crippen LogP contribution in [0.3, 0.4) is 0 Å². The summed E-state index contributed by atoms with van der Waals surface area (Å²) in [5, 5.41) is 15.6. The quantitative estimate of drug-likeness (QED) is 0.757. The van der Waals surface area contributed by atoms with E-state index in [-0.39, 0.29) is 11.5 Å². The van der Waals surface area contributed by atoms with E-state index in [1.54, 1.807) is 0 Å². The van der Waals surface area contributed by atoms with E-state index in [1.165, 1.54) is 11.5 Å². The molecule has 1 heterocycles. The van der Waals surface area contributed by atoms with Crippen molar-refractivity contribution in [1.29, 1.82) is 0 Å². The largest absolute Gasteiger partial charge is 0.393 e. The zero-order chi connectivity index (χ0) is 10.0. The third-order valence-electron chi connectivity index (χ3n) is 3.21. The average Bonchev–Trinajstić information content (AvgIpc) is 2.73. The van der Waals surface area contributed by atoms with Crippen LogP contribution in [0.25, 0.3) is 0 Å². The number of nitrogens with zero attached hydrogens (tertiary/aromatic N) is 2. The maximum Gasteiger partial charge on any atom is 0.0829 e. The molecule has 1 aliphatic rings. The van der Waals surface area contributed by atoms with E-state index >= 15 is 0 Å². The second-order valence-corrected chi connectivity index (χ2v) is 4.62. The van der Waals surface area contributed by atoms with Crippen molar-refractivity contribution in [3.05, 3.63) is 11.1 Å². The molecular weight excluding hydrogens is 198 g/mol. The van der Waals surface area contributed by atoms with Gasteiger partial charge in [-0.15, -0.1) is 5.10 Å². The van der Waals surface area contributed by atoms with Crippen LogP contribution in [-0.2, 0) is 5.41 Å². The first kappa shape index (κ1) is 10.0. The van der Waals surface area contributed by atoms with Crippen LogP contribution >= 0.6 is 11.5 Å². The van der Waals surface area contributed by atoms with Crippen LogP contribution in [0.2, 0.25) is 0 Å². The van der Waals surface area contributed by atoms with Crippen molar-refractivity contribution in [2.45, 2.75) is 37.2 Å². The summed E-state index contributed by atoms with van der Waals surface area (Å²) in [7, 11) is 0.